The Labute approximate surface area is 155 Å². The number of benzene rings is 1. The second-order valence-corrected chi connectivity index (χ2v) is 6.02. The van der Waals surface area contributed by atoms with E-state index in [1.165, 1.54) is 21.3 Å². The monoisotopic (exact) mass is 375 g/mol. The van der Waals surface area contributed by atoms with Gasteiger partial charge in [0.15, 0.2) is 11.5 Å². The highest BCUT2D eigenvalue weighted by atomic mass is 16.5. The molecule has 0 saturated heterocycles. The molecular formula is C17H21N5O5. The van der Waals surface area contributed by atoms with Gasteiger partial charge in [0.05, 0.1) is 33.8 Å². The quantitative estimate of drug-likeness (QED) is 0.779. The zero-order chi connectivity index (χ0) is 19.6. The average Bonchev–Trinajstić information content (AvgIpc) is 2.99. The van der Waals surface area contributed by atoms with Crippen molar-refractivity contribution in [1.29, 1.82) is 0 Å². The molecule has 1 unspecified atom stereocenters. The molecule has 2 amide bonds. The summed E-state index contributed by atoms with van der Waals surface area (Å²) in [5, 5.41) is 9.63. The van der Waals surface area contributed by atoms with Gasteiger partial charge in [0, 0.05) is 24.2 Å². The summed E-state index contributed by atoms with van der Waals surface area (Å²) in [6.45, 7) is 2.04. The molecule has 2 aromatic rings. The number of nitrogens with zero attached hydrogens (tertiary/aromatic N) is 3. The SMILES string of the molecule is COc1cc(NC(=O)CC2Cn3nc(C)nc3NC2=O)cc(OC)c1OC. The lowest BCUT2D eigenvalue weighted by atomic mass is 10.0. The molecule has 10 nitrogen and oxygen atoms in total. The predicted molar refractivity (Wildman–Crippen MR) is 96.2 cm³/mol. The fourth-order valence-electron chi connectivity index (χ4n) is 2.93. The number of aromatic nitrogens is 3. The fraction of sp³-hybridized carbons (Fsp3) is 0.412. The van der Waals surface area contributed by atoms with Gasteiger partial charge in [-0.15, -0.1) is 0 Å². The summed E-state index contributed by atoms with van der Waals surface area (Å²) >= 11 is 0. The van der Waals surface area contributed by atoms with Gasteiger partial charge in [-0.3, -0.25) is 14.9 Å². The van der Waals surface area contributed by atoms with Gasteiger partial charge in [0.2, 0.25) is 23.5 Å². The number of aryl methyl sites for hydroxylation is 1. The van der Waals surface area contributed by atoms with Crippen LogP contribution in [0.1, 0.15) is 12.2 Å². The van der Waals surface area contributed by atoms with E-state index in [4.69, 9.17) is 14.2 Å². The molecule has 1 atom stereocenters. The first-order valence-corrected chi connectivity index (χ1v) is 8.27. The maximum Gasteiger partial charge on any atom is 0.232 e. The topological polar surface area (TPSA) is 117 Å². The van der Waals surface area contributed by atoms with E-state index in [-0.39, 0.29) is 18.2 Å². The summed E-state index contributed by atoms with van der Waals surface area (Å²) in [6, 6.07) is 3.25. The Bertz CT molecular complexity index is 854. The van der Waals surface area contributed by atoms with E-state index in [0.717, 1.165) is 0 Å². The van der Waals surface area contributed by atoms with E-state index in [0.29, 0.717) is 41.3 Å². The van der Waals surface area contributed by atoms with Crippen molar-refractivity contribution in [3.8, 4) is 17.2 Å². The normalized spacial score (nSPS) is 15.6. The Morgan fingerprint density at radius 3 is 2.52 bits per heavy atom. The van der Waals surface area contributed by atoms with Crippen molar-refractivity contribution in [1.82, 2.24) is 14.8 Å². The molecule has 1 aromatic heterocycles. The van der Waals surface area contributed by atoms with Crippen LogP contribution in [-0.4, -0.2) is 47.9 Å². The second-order valence-electron chi connectivity index (χ2n) is 6.02. The number of carbonyl (C=O) groups is 2. The molecule has 10 heteroatoms. The van der Waals surface area contributed by atoms with E-state index < -0.39 is 5.92 Å². The minimum atomic E-state index is -0.541. The maximum atomic E-state index is 12.4. The van der Waals surface area contributed by atoms with E-state index >= 15 is 0 Å². The molecular weight excluding hydrogens is 354 g/mol. The van der Waals surface area contributed by atoms with Crippen LogP contribution in [0.2, 0.25) is 0 Å². The number of anilines is 2. The first-order chi connectivity index (χ1) is 12.9. The van der Waals surface area contributed by atoms with Crippen molar-refractivity contribution in [2.75, 3.05) is 32.0 Å². The molecule has 0 fully saturated rings. The van der Waals surface area contributed by atoms with E-state index in [2.05, 4.69) is 20.7 Å². The highest BCUT2D eigenvalue weighted by Crippen LogP contribution is 2.40. The van der Waals surface area contributed by atoms with Crippen LogP contribution in [0.5, 0.6) is 17.2 Å². The minimum Gasteiger partial charge on any atom is -0.493 e. The minimum absolute atomic E-state index is 0.000834. The molecule has 0 spiro atoms. The number of nitrogens with one attached hydrogen (secondary N) is 2. The Morgan fingerprint density at radius 2 is 1.93 bits per heavy atom. The Morgan fingerprint density at radius 1 is 1.26 bits per heavy atom. The molecule has 0 saturated carbocycles. The summed E-state index contributed by atoms with van der Waals surface area (Å²) in [7, 11) is 4.49. The van der Waals surface area contributed by atoms with E-state index in [9.17, 15) is 9.59 Å². The van der Waals surface area contributed by atoms with Crippen LogP contribution < -0.4 is 24.8 Å². The van der Waals surface area contributed by atoms with Gasteiger partial charge in [0.25, 0.3) is 0 Å². The molecule has 0 radical (unpaired) electrons. The molecule has 2 N–H and O–H groups in total. The van der Waals surface area contributed by atoms with Gasteiger partial charge in [-0.05, 0) is 6.92 Å². The van der Waals surface area contributed by atoms with Crippen LogP contribution in [0.25, 0.3) is 0 Å². The third-order valence-corrected chi connectivity index (χ3v) is 4.16. The summed E-state index contributed by atoms with van der Waals surface area (Å²) in [5.74, 6) is 1.13. The van der Waals surface area contributed by atoms with Crippen LogP contribution in [0.15, 0.2) is 12.1 Å². The molecule has 3 rings (SSSR count). The lowest BCUT2D eigenvalue weighted by molar-refractivity contribution is -0.125. The number of ether oxygens (including phenoxy) is 3. The van der Waals surface area contributed by atoms with Crippen molar-refractivity contribution in [3.63, 3.8) is 0 Å². The molecule has 1 aliphatic heterocycles. The van der Waals surface area contributed by atoms with Crippen LogP contribution >= 0.6 is 0 Å². The Balaban J connectivity index is 1.72. The summed E-state index contributed by atoms with van der Waals surface area (Å²) in [5.41, 5.74) is 0.475. The van der Waals surface area contributed by atoms with Crippen molar-refractivity contribution in [2.45, 2.75) is 19.9 Å². The van der Waals surface area contributed by atoms with Gasteiger partial charge in [-0.25, -0.2) is 4.68 Å². The Kier molecular flexibility index (Phi) is 5.15. The van der Waals surface area contributed by atoms with Gasteiger partial charge in [-0.2, -0.15) is 10.1 Å². The smallest absolute Gasteiger partial charge is 0.232 e. The zero-order valence-corrected chi connectivity index (χ0v) is 15.5. The molecule has 0 bridgehead atoms. The van der Waals surface area contributed by atoms with Gasteiger partial charge >= 0.3 is 0 Å². The molecule has 1 aliphatic rings. The summed E-state index contributed by atoms with van der Waals surface area (Å²) in [4.78, 5) is 28.8. The fourth-order valence-corrected chi connectivity index (χ4v) is 2.93. The van der Waals surface area contributed by atoms with Crippen molar-refractivity contribution in [2.24, 2.45) is 5.92 Å². The number of hydrogen-bond donors (Lipinski definition) is 2. The average molecular weight is 375 g/mol. The van der Waals surface area contributed by atoms with Crippen LogP contribution in [0, 0.1) is 12.8 Å². The van der Waals surface area contributed by atoms with Crippen molar-refractivity contribution >= 4 is 23.5 Å². The highest BCUT2D eigenvalue weighted by molar-refractivity contribution is 5.98. The van der Waals surface area contributed by atoms with E-state index in [1.54, 1.807) is 23.7 Å². The largest absolute Gasteiger partial charge is 0.493 e. The number of fused-ring (bicyclic) bond motifs is 1. The first-order valence-electron chi connectivity index (χ1n) is 8.27. The predicted octanol–water partition coefficient (Wildman–Crippen LogP) is 1.21. The molecule has 144 valence electrons. The molecule has 2 heterocycles. The third kappa shape index (κ3) is 3.78. The maximum absolute atomic E-state index is 12.4. The molecule has 0 aliphatic carbocycles. The Hall–Kier alpha value is -3.30. The lowest BCUT2D eigenvalue weighted by Gasteiger charge is -2.22. The number of carbonyl (C=O) groups excluding carboxylic acids is 2. The highest BCUT2D eigenvalue weighted by Gasteiger charge is 2.30. The number of rotatable bonds is 6. The molecule has 27 heavy (non-hydrogen) atoms. The van der Waals surface area contributed by atoms with Crippen LogP contribution in [-0.2, 0) is 16.1 Å². The van der Waals surface area contributed by atoms with Gasteiger partial charge in [0.1, 0.15) is 5.82 Å². The first kappa shape index (κ1) is 18.5. The summed E-state index contributed by atoms with van der Waals surface area (Å²) in [6.07, 6.45) is 0.000834. The lowest BCUT2D eigenvalue weighted by Crippen LogP contribution is -2.36. The number of hydrogen-bond acceptors (Lipinski definition) is 7. The van der Waals surface area contributed by atoms with Gasteiger partial charge in [-0.1, -0.05) is 0 Å². The van der Waals surface area contributed by atoms with Crippen LogP contribution in [0.4, 0.5) is 11.6 Å². The third-order valence-electron chi connectivity index (χ3n) is 4.16. The van der Waals surface area contributed by atoms with E-state index in [1.807, 2.05) is 0 Å². The number of amides is 2. The standard InChI is InChI=1S/C17H21N5O5/c1-9-18-17-20-16(24)10(8-22(17)21-9)5-14(23)19-11-6-12(25-2)15(27-4)13(7-11)26-3/h6-7,10H,5,8H2,1-4H3,(H,19,23)(H,18,20,21,24). The van der Waals surface area contributed by atoms with Crippen molar-refractivity contribution < 1.29 is 23.8 Å². The van der Waals surface area contributed by atoms with Crippen molar-refractivity contribution in [3.05, 3.63) is 18.0 Å². The summed E-state index contributed by atoms with van der Waals surface area (Å²) < 4.78 is 17.4. The van der Waals surface area contributed by atoms with Gasteiger partial charge < -0.3 is 19.5 Å². The number of methoxy groups -OCH3 is 3. The zero-order valence-electron chi connectivity index (χ0n) is 15.5. The molecule has 1 aromatic carbocycles. The second kappa shape index (κ2) is 7.52. The van der Waals surface area contributed by atoms with Crippen LogP contribution in [0.3, 0.4) is 0 Å².